The number of benzene rings is 1. The molecule has 0 aromatic heterocycles. The fourth-order valence-corrected chi connectivity index (χ4v) is 1.00. The summed E-state index contributed by atoms with van der Waals surface area (Å²) in [5.41, 5.74) is 0.360. The molecule has 0 saturated heterocycles. The molecule has 0 fully saturated rings. The zero-order valence-corrected chi connectivity index (χ0v) is 7.80. The van der Waals surface area contributed by atoms with E-state index in [-0.39, 0.29) is 12.2 Å². The zero-order chi connectivity index (χ0) is 10.6. The Morgan fingerprint density at radius 3 is 2.36 bits per heavy atom. The summed E-state index contributed by atoms with van der Waals surface area (Å²) < 4.78 is 0. The van der Waals surface area contributed by atoms with Gasteiger partial charge in [0.2, 0.25) is 0 Å². The summed E-state index contributed by atoms with van der Waals surface area (Å²) in [5.74, 6) is -0.895. The summed E-state index contributed by atoms with van der Waals surface area (Å²) in [4.78, 5) is 21.8. The van der Waals surface area contributed by atoms with Gasteiger partial charge >= 0.3 is 0 Å². The molecule has 0 saturated carbocycles. The first-order valence-corrected chi connectivity index (χ1v) is 4.17. The van der Waals surface area contributed by atoms with Gasteiger partial charge < -0.3 is 0 Å². The predicted molar refractivity (Wildman–Crippen MR) is 51.0 cm³/mol. The number of carbonyl (C=O) groups excluding carboxylic acids is 2. The molecular weight excluding hydrogens is 182 g/mol. The van der Waals surface area contributed by atoms with Crippen molar-refractivity contribution < 1.29 is 14.8 Å². The minimum Gasteiger partial charge on any atom is -0.299 e. The van der Waals surface area contributed by atoms with Crippen LogP contribution in [0.15, 0.2) is 30.3 Å². The highest BCUT2D eigenvalue weighted by Gasteiger charge is 2.14. The third-order valence-electron chi connectivity index (χ3n) is 1.64. The van der Waals surface area contributed by atoms with Crippen LogP contribution in [0.5, 0.6) is 0 Å². The topological polar surface area (TPSA) is 57.6 Å². The highest BCUT2D eigenvalue weighted by atomic mass is 16.5. The summed E-state index contributed by atoms with van der Waals surface area (Å²) in [6.07, 6.45) is -0.286. The van der Waals surface area contributed by atoms with Gasteiger partial charge in [0.1, 0.15) is 5.78 Å². The zero-order valence-electron chi connectivity index (χ0n) is 7.80. The van der Waals surface area contributed by atoms with E-state index in [1.165, 1.54) is 6.92 Å². The third kappa shape index (κ3) is 2.67. The van der Waals surface area contributed by atoms with Gasteiger partial charge in [-0.2, -0.15) is 5.06 Å². The summed E-state index contributed by atoms with van der Waals surface area (Å²) in [7, 11) is 0. The number of amides is 1. The average molecular weight is 193 g/mol. The van der Waals surface area contributed by atoms with E-state index in [0.29, 0.717) is 10.8 Å². The molecule has 1 aromatic rings. The quantitative estimate of drug-likeness (QED) is 0.448. The van der Waals surface area contributed by atoms with E-state index < -0.39 is 5.91 Å². The minimum atomic E-state index is -0.622. The Bertz CT molecular complexity index is 334. The fourth-order valence-electron chi connectivity index (χ4n) is 1.00. The number of para-hydroxylation sites is 1. The normalized spacial score (nSPS) is 9.57. The number of nitrogens with zero attached hydrogens (tertiary/aromatic N) is 1. The second kappa shape index (κ2) is 4.53. The van der Waals surface area contributed by atoms with Crippen molar-refractivity contribution in [3.63, 3.8) is 0 Å². The van der Waals surface area contributed by atoms with E-state index in [1.807, 2.05) is 0 Å². The molecule has 0 spiro atoms. The van der Waals surface area contributed by atoms with Gasteiger partial charge in [0.15, 0.2) is 0 Å². The highest BCUT2D eigenvalue weighted by molar-refractivity contribution is 6.03. The molecule has 1 rings (SSSR count). The van der Waals surface area contributed by atoms with E-state index in [1.54, 1.807) is 30.3 Å². The Morgan fingerprint density at radius 1 is 1.29 bits per heavy atom. The molecule has 0 radical (unpaired) electrons. The van der Waals surface area contributed by atoms with Crippen molar-refractivity contribution in [1.29, 1.82) is 0 Å². The lowest BCUT2D eigenvalue weighted by Gasteiger charge is -2.13. The first kappa shape index (κ1) is 10.4. The molecule has 0 bridgehead atoms. The van der Waals surface area contributed by atoms with Crippen LogP contribution in [0.1, 0.15) is 13.3 Å². The lowest BCUT2D eigenvalue weighted by atomic mass is 10.2. The second-order valence-corrected chi connectivity index (χ2v) is 2.92. The van der Waals surface area contributed by atoms with Crippen molar-refractivity contribution >= 4 is 17.4 Å². The maximum atomic E-state index is 11.2. The molecule has 1 amide bonds. The molecule has 0 atom stereocenters. The fraction of sp³-hybridized carbons (Fsp3) is 0.200. The van der Waals surface area contributed by atoms with Gasteiger partial charge in [-0.1, -0.05) is 18.2 Å². The van der Waals surface area contributed by atoms with Crippen LogP contribution in [-0.2, 0) is 9.59 Å². The number of ketones is 1. The number of rotatable bonds is 3. The van der Waals surface area contributed by atoms with Crippen LogP contribution in [0, 0.1) is 0 Å². The third-order valence-corrected chi connectivity index (χ3v) is 1.64. The molecular formula is C10H11NO3. The van der Waals surface area contributed by atoms with Crippen molar-refractivity contribution in [3.05, 3.63) is 30.3 Å². The lowest BCUT2D eigenvalue weighted by Crippen LogP contribution is -2.28. The van der Waals surface area contributed by atoms with E-state index >= 15 is 0 Å². The maximum absolute atomic E-state index is 11.2. The Balaban J connectivity index is 2.71. The lowest BCUT2D eigenvalue weighted by molar-refractivity contribution is -0.128. The molecule has 0 aliphatic heterocycles. The van der Waals surface area contributed by atoms with Crippen LogP contribution in [0.3, 0.4) is 0 Å². The summed E-state index contributed by atoms with van der Waals surface area (Å²) in [6, 6.07) is 8.32. The molecule has 0 aliphatic carbocycles. The molecule has 0 heterocycles. The Kier molecular flexibility index (Phi) is 3.36. The molecule has 14 heavy (non-hydrogen) atoms. The SMILES string of the molecule is CC(=O)CC(=O)N(O)c1ccccc1. The summed E-state index contributed by atoms with van der Waals surface area (Å²) in [6.45, 7) is 1.30. The van der Waals surface area contributed by atoms with Crippen molar-refractivity contribution in [1.82, 2.24) is 0 Å². The van der Waals surface area contributed by atoms with Gasteiger partial charge in [0.25, 0.3) is 5.91 Å². The van der Waals surface area contributed by atoms with Crippen molar-refractivity contribution in [2.75, 3.05) is 5.06 Å². The van der Waals surface area contributed by atoms with Crippen molar-refractivity contribution in [3.8, 4) is 0 Å². The number of hydrogen-bond acceptors (Lipinski definition) is 3. The van der Waals surface area contributed by atoms with Crippen molar-refractivity contribution in [2.45, 2.75) is 13.3 Å². The van der Waals surface area contributed by atoms with E-state index in [0.717, 1.165) is 0 Å². The molecule has 4 nitrogen and oxygen atoms in total. The first-order valence-electron chi connectivity index (χ1n) is 4.17. The second-order valence-electron chi connectivity index (χ2n) is 2.92. The number of Topliss-reactive ketones (excluding diaryl/α,β-unsaturated/α-hetero) is 1. The van der Waals surface area contributed by atoms with Gasteiger partial charge in [-0.15, -0.1) is 0 Å². The van der Waals surface area contributed by atoms with E-state index in [4.69, 9.17) is 0 Å². The predicted octanol–water partition coefficient (Wildman–Crippen LogP) is 1.39. The molecule has 74 valence electrons. The van der Waals surface area contributed by atoms with Crippen LogP contribution in [-0.4, -0.2) is 16.9 Å². The number of carbonyl (C=O) groups is 2. The first-order chi connectivity index (χ1) is 6.61. The van der Waals surface area contributed by atoms with E-state index in [9.17, 15) is 14.8 Å². The largest absolute Gasteiger partial charge is 0.299 e. The smallest absolute Gasteiger partial charge is 0.258 e. The molecule has 4 heteroatoms. The highest BCUT2D eigenvalue weighted by Crippen LogP contribution is 2.11. The summed E-state index contributed by atoms with van der Waals surface area (Å²) in [5, 5.41) is 9.86. The number of hydroxylamine groups is 1. The van der Waals surface area contributed by atoms with Gasteiger partial charge in [-0.3, -0.25) is 14.8 Å². The Morgan fingerprint density at radius 2 is 1.86 bits per heavy atom. The van der Waals surface area contributed by atoms with Gasteiger partial charge in [0.05, 0.1) is 12.1 Å². The number of hydrogen-bond donors (Lipinski definition) is 1. The van der Waals surface area contributed by atoms with Crippen LogP contribution in [0.25, 0.3) is 0 Å². The maximum Gasteiger partial charge on any atom is 0.258 e. The monoisotopic (exact) mass is 193 g/mol. The van der Waals surface area contributed by atoms with Crippen LogP contribution in [0.2, 0.25) is 0 Å². The average Bonchev–Trinajstić information content (AvgIpc) is 2.17. The standard InChI is InChI=1S/C10H11NO3/c1-8(12)7-10(13)11(14)9-5-3-2-4-6-9/h2-6,14H,7H2,1H3. The van der Waals surface area contributed by atoms with Crippen LogP contribution >= 0.6 is 0 Å². The molecule has 1 aromatic carbocycles. The summed E-state index contributed by atoms with van der Waals surface area (Å²) >= 11 is 0. The number of anilines is 1. The molecule has 1 N–H and O–H groups in total. The van der Waals surface area contributed by atoms with Crippen LogP contribution < -0.4 is 5.06 Å². The van der Waals surface area contributed by atoms with Crippen LogP contribution in [0.4, 0.5) is 5.69 Å². The minimum absolute atomic E-state index is 0.273. The Hall–Kier alpha value is -1.68. The Labute approximate surface area is 81.7 Å². The molecule has 0 aliphatic rings. The van der Waals surface area contributed by atoms with E-state index in [2.05, 4.69) is 0 Å². The van der Waals surface area contributed by atoms with Gasteiger partial charge in [-0.25, -0.2) is 0 Å². The molecule has 0 unspecified atom stereocenters. The van der Waals surface area contributed by atoms with Gasteiger partial charge in [0, 0.05) is 0 Å². The van der Waals surface area contributed by atoms with Crippen molar-refractivity contribution in [2.24, 2.45) is 0 Å². The van der Waals surface area contributed by atoms with Gasteiger partial charge in [-0.05, 0) is 19.1 Å².